The standard InChI is InChI=1S/C42H54N2/c1-13-27(3)29-21-35-40(7,8)33-19-15-17-31(25-33)39(5,6)32-18-16-20-34(26-32)41(9,10)36-22-30(28(4)14-2)24-38(44-36)42(11,12)37(23-29)43-35/h15-28H,13-14H2,1-12H3. The summed E-state index contributed by atoms with van der Waals surface area (Å²) in [6.07, 6.45) is 2.18. The number of rotatable bonds is 4. The van der Waals surface area contributed by atoms with E-state index in [4.69, 9.17) is 9.97 Å². The van der Waals surface area contributed by atoms with Crippen molar-refractivity contribution in [2.45, 2.75) is 129 Å². The van der Waals surface area contributed by atoms with Gasteiger partial charge in [0.05, 0.1) is 22.8 Å². The van der Waals surface area contributed by atoms with Crippen LogP contribution in [0.1, 0.15) is 164 Å². The summed E-state index contributed by atoms with van der Waals surface area (Å²) in [6.45, 7) is 28.0. The average Bonchev–Trinajstić information content (AvgIpc) is 3.03. The quantitative estimate of drug-likeness (QED) is 0.238. The molecule has 2 aromatic carbocycles. The van der Waals surface area contributed by atoms with Gasteiger partial charge >= 0.3 is 0 Å². The molecule has 4 aromatic rings. The van der Waals surface area contributed by atoms with Crippen LogP contribution in [0.2, 0.25) is 0 Å². The molecule has 1 aliphatic rings. The van der Waals surface area contributed by atoms with Crippen molar-refractivity contribution in [2.24, 2.45) is 0 Å². The Labute approximate surface area is 267 Å². The molecule has 0 amide bonds. The Hall–Kier alpha value is -3.26. The first-order valence-electron chi connectivity index (χ1n) is 16.8. The Kier molecular flexibility index (Phi) is 8.23. The number of pyridine rings is 2. The van der Waals surface area contributed by atoms with Gasteiger partial charge < -0.3 is 0 Å². The first-order chi connectivity index (χ1) is 20.5. The van der Waals surface area contributed by atoms with Crippen LogP contribution in [0.15, 0.2) is 72.8 Å². The molecule has 8 bridgehead atoms. The molecule has 0 saturated heterocycles. The fourth-order valence-corrected chi connectivity index (χ4v) is 6.61. The molecule has 0 N–H and O–H groups in total. The zero-order chi connectivity index (χ0) is 32.2. The summed E-state index contributed by atoms with van der Waals surface area (Å²) in [5.74, 6) is 0.883. The van der Waals surface area contributed by atoms with Crippen molar-refractivity contribution >= 4 is 0 Å². The molecule has 232 valence electrons. The maximum Gasteiger partial charge on any atom is 0.0526 e. The minimum Gasteiger partial charge on any atom is -0.256 e. The van der Waals surface area contributed by atoms with Crippen molar-refractivity contribution in [3.63, 3.8) is 0 Å². The van der Waals surface area contributed by atoms with Crippen LogP contribution >= 0.6 is 0 Å². The second-order valence-electron chi connectivity index (χ2n) is 15.6. The molecule has 2 heteroatoms. The second-order valence-corrected chi connectivity index (χ2v) is 15.6. The van der Waals surface area contributed by atoms with Crippen LogP contribution in [-0.4, -0.2) is 9.97 Å². The van der Waals surface area contributed by atoms with Gasteiger partial charge in [0.2, 0.25) is 0 Å². The number of hydrogen-bond donors (Lipinski definition) is 0. The highest BCUT2D eigenvalue weighted by molar-refractivity contribution is 5.48. The van der Waals surface area contributed by atoms with Crippen LogP contribution in [0.5, 0.6) is 0 Å². The summed E-state index contributed by atoms with van der Waals surface area (Å²) in [6, 6.07) is 27.9. The fraction of sp³-hybridized carbons (Fsp3) is 0.476. The van der Waals surface area contributed by atoms with E-state index in [-0.39, 0.29) is 21.7 Å². The molecule has 44 heavy (non-hydrogen) atoms. The highest BCUT2D eigenvalue weighted by atomic mass is 14.8. The molecule has 2 nitrogen and oxygen atoms in total. The molecule has 2 atom stereocenters. The van der Waals surface area contributed by atoms with Gasteiger partial charge in [-0.1, -0.05) is 118 Å². The normalized spacial score (nSPS) is 19.2. The second kappa shape index (κ2) is 11.3. The predicted molar refractivity (Wildman–Crippen MR) is 187 cm³/mol. The van der Waals surface area contributed by atoms with Crippen LogP contribution in [0.4, 0.5) is 0 Å². The number of aromatic nitrogens is 2. The summed E-state index contributed by atoms with van der Waals surface area (Å²) in [5.41, 5.74) is 11.3. The van der Waals surface area contributed by atoms with E-state index in [0.29, 0.717) is 11.8 Å². The van der Waals surface area contributed by atoms with Crippen LogP contribution in [-0.2, 0) is 21.7 Å². The monoisotopic (exact) mass is 586 g/mol. The zero-order valence-corrected chi connectivity index (χ0v) is 29.4. The van der Waals surface area contributed by atoms with Gasteiger partial charge in [0.15, 0.2) is 0 Å². The lowest BCUT2D eigenvalue weighted by Gasteiger charge is -2.35. The minimum atomic E-state index is -0.384. The average molecular weight is 587 g/mol. The molecular weight excluding hydrogens is 532 g/mol. The van der Waals surface area contributed by atoms with Crippen molar-refractivity contribution < 1.29 is 0 Å². The molecule has 2 aromatic heterocycles. The topological polar surface area (TPSA) is 25.8 Å². The molecule has 1 aliphatic heterocycles. The summed E-state index contributed by atoms with van der Waals surface area (Å²) in [5, 5.41) is 0. The number of nitrogens with zero attached hydrogens (tertiary/aromatic N) is 2. The lowest BCUT2D eigenvalue weighted by Crippen LogP contribution is -2.30. The Morgan fingerprint density at radius 3 is 1.07 bits per heavy atom. The van der Waals surface area contributed by atoms with E-state index in [1.54, 1.807) is 0 Å². The van der Waals surface area contributed by atoms with Gasteiger partial charge in [-0.25, -0.2) is 0 Å². The summed E-state index contributed by atoms with van der Waals surface area (Å²) in [4.78, 5) is 11.1. The molecule has 5 rings (SSSR count). The van der Waals surface area contributed by atoms with E-state index in [9.17, 15) is 0 Å². The Morgan fingerprint density at radius 2 is 0.750 bits per heavy atom. The van der Waals surface area contributed by atoms with Crippen molar-refractivity contribution in [1.29, 1.82) is 0 Å². The molecule has 0 radical (unpaired) electrons. The summed E-state index contributed by atoms with van der Waals surface area (Å²) < 4.78 is 0. The maximum atomic E-state index is 5.54. The first kappa shape index (κ1) is 32.1. The van der Waals surface area contributed by atoms with E-state index in [1.807, 2.05) is 0 Å². The van der Waals surface area contributed by atoms with Gasteiger partial charge in [0, 0.05) is 21.7 Å². The predicted octanol–water partition coefficient (Wildman–Crippen LogP) is 11.1. The maximum absolute atomic E-state index is 5.54. The highest BCUT2D eigenvalue weighted by Gasteiger charge is 2.36. The third-order valence-electron chi connectivity index (χ3n) is 11.2. The highest BCUT2D eigenvalue weighted by Crippen LogP contribution is 2.42. The fourth-order valence-electron chi connectivity index (χ4n) is 6.61. The number of fused-ring (bicyclic) bond motifs is 8. The van der Waals surface area contributed by atoms with E-state index < -0.39 is 0 Å². The van der Waals surface area contributed by atoms with E-state index in [0.717, 1.165) is 35.6 Å². The molecule has 0 saturated carbocycles. The van der Waals surface area contributed by atoms with Gasteiger partial charge in [0.1, 0.15) is 0 Å². The summed E-state index contributed by atoms with van der Waals surface area (Å²) >= 11 is 0. The number of hydrogen-bond acceptors (Lipinski definition) is 2. The van der Waals surface area contributed by atoms with Gasteiger partial charge in [-0.2, -0.15) is 0 Å². The van der Waals surface area contributed by atoms with Crippen LogP contribution in [0.25, 0.3) is 0 Å². The smallest absolute Gasteiger partial charge is 0.0526 e. The van der Waals surface area contributed by atoms with Crippen molar-refractivity contribution in [3.8, 4) is 0 Å². The van der Waals surface area contributed by atoms with Gasteiger partial charge in [-0.15, -0.1) is 0 Å². The van der Waals surface area contributed by atoms with Gasteiger partial charge in [-0.3, -0.25) is 9.97 Å². The Bertz CT molecular complexity index is 1550. The van der Waals surface area contributed by atoms with Crippen molar-refractivity contribution in [2.75, 3.05) is 0 Å². The van der Waals surface area contributed by atoms with Crippen LogP contribution in [0, 0.1) is 0 Å². The number of benzene rings is 2. The van der Waals surface area contributed by atoms with Gasteiger partial charge in [0.25, 0.3) is 0 Å². The van der Waals surface area contributed by atoms with E-state index >= 15 is 0 Å². The van der Waals surface area contributed by atoms with Crippen molar-refractivity contribution in [1.82, 2.24) is 9.97 Å². The lowest BCUT2D eigenvalue weighted by atomic mass is 9.71. The SMILES string of the molecule is CCC(C)c1cc2nc(c1)C(C)(C)c1cc(C(C)CC)cc(n1)C(C)(C)c1cccc(c1)C(C)(C)c1cccc(c1)C2(C)C. The Morgan fingerprint density at radius 1 is 0.455 bits per heavy atom. The molecular formula is C42H54N2. The Balaban J connectivity index is 1.91. The molecule has 2 unspecified atom stereocenters. The molecule has 0 aliphatic carbocycles. The van der Waals surface area contributed by atoms with Crippen LogP contribution < -0.4 is 0 Å². The zero-order valence-electron chi connectivity index (χ0n) is 29.4. The third-order valence-corrected chi connectivity index (χ3v) is 11.2. The third kappa shape index (κ3) is 5.44. The summed E-state index contributed by atoms with van der Waals surface area (Å²) in [7, 11) is 0. The molecule has 0 spiro atoms. The van der Waals surface area contributed by atoms with E-state index in [1.165, 1.54) is 33.4 Å². The molecule has 0 fully saturated rings. The van der Waals surface area contributed by atoms with Crippen molar-refractivity contribution in [3.05, 3.63) is 129 Å². The first-order valence-corrected chi connectivity index (χ1v) is 16.8. The van der Waals surface area contributed by atoms with Gasteiger partial charge in [-0.05, 0) is 96.2 Å². The van der Waals surface area contributed by atoms with Crippen LogP contribution in [0.3, 0.4) is 0 Å². The van der Waals surface area contributed by atoms with E-state index in [2.05, 4.69) is 156 Å². The lowest BCUT2D eigenvalue weighted by molar-refractivity contribution is 0.540. The molecule has 3 heterocycles. The largest absolute Gasteiger partial charge is 0.256 e. The minimum absolute atomic E-state index is 0.175.